The Kier molecular flexibility index (Phi) is 2.73. The van der Waals surface area contributed by atoms with Crippen molar-refractivity contribution in [2.75, 3.05) is 0 Å². The summed E-state index contributed by atoms with van der Waals surface area (Å²) in [6, 6.07) is 0. The average molecular weight is 202 g/mol. The van der Waals surface area contributed by atoms with Crippen molar-refractivity contribution in [1.29, 1.82) is 0 Å². The standard InChI is InChI=1S/C4H9.2CH3.In/c1-4(2)3;;;/h1-3H3;2*1H3;. The number of hydrogen-bond acceptors (Lipinski definition) is 0. The second kappa shape index (κ2) is 2.43. The van der Waals surface area contributed by atoms with Crippen LogP contribution in [0.3, 0.4) is 0 Å². The third kappa shape index (κ3) is 3.45. The molecule has 0 unspecified atom stereocenters. The topological polar surface area (TPSA) is 0 Å². The van der Waals surface area contributed by atoms with Gasteiger partial charge in [0.2, 0.25) is 0 Å². The fraction of sp³-hybridized carbons (Fsp3) is 1.00. The molecule has 0 saturated carbocycles. The molecule has 0 nitrogen and oxygen atoms in total. The Hall–Kier alpha value is 0.870. The quantitative estimate of drug-likeness (QED) is 0.566. The van der Waals surface area contributed by atoms with E-state index in [9.17, 15) is 0 Å². The Morgan fingerprint density at radius 3 is 1.14 bits per heavy atom. The molecule has 0 radical (unpaired) electrons. The van der Waals surface area contributed by atoms with E-state index in [-0.39, 0.29) is 0 Å². The normalized spacial score (nSPS) is 11.6. The summed E-state index contributed by atoms with van der Waals surface area (Å²) in [4.78, 5) is 0. The van der Waals surface area contributed by atoms with Gasteiger partial charge in [-0.25, -0.2) is 0 Å². The third-order valence-electron chi connectivity index (χ3n) is 1.73. The van der Waals surface area contributed by atoms with Gasteiger partial charge in [0.1, 0.15) is 0 Å². The molecule has 0 atom stereocenters. The van der Waals surface area contributed by atoms with Crippen molar-refractivity contribution in [1.82, 2.24) is 0 Å². The number of rotatable bonds is 0. The van der Waals surface area contributed by atoms with Crippen LogP contribution in [0, 0.1) is 0 Å². The summed E-state index contributed by atoms with van der Waals surface area (Å²) >= 11 is -0.951. The van der Waals surface area contributed by atoms with Crippen LogP contribution in [0.2, 0.25) is 12.5 Å². The zero-order chi connectivity index (χ0) is 6.08. The summed E-state index contributed by atoms with van der Waals surface area (Å²) in [5.74, 6) is 0. The van der Waals surface area contributed by atoms with E-state index in [4.69, 9.17) is 0 Å². The molecule has 0 saturated heterocycles. The Bertz CT molecular complexity index is 49.7. The molecule has 0 amide bonds. The third-order valence-corrected chi connectivity index (χ3v) is 11.6. The van der Waals surface area contributed by atoms with E-state index >= 15 is 0 Å². The minimum atomic E-state index is -0.951. The van der Waals surface area contributed by atoms with Gasteiger partial charge in [0, 0.05) is 0 Å². The van der Waals surface area contributed by atoms with Crippen molar-refractivity contribution in [3.63, 3.8) is 0 Å². The first-order valence-electron chi connectivity index (χ1n) is 2.94. The summed E-state index contributed by atoms with van der Waals surface area (Å²) in [5.41, 5.74) is 0. The Morgan fingerprint density at radius 1 is 1.00 bits per heavy atom. The van der Waals surface area contributed by atoms with E-state index in [1.54, 1.807) is 0 Å². The molecule has 42 valence electrons. The molecule has 1 heteroatoms. The summed E-state index contributed by atoms with van der Waals surface area (Å²) in [6.07, 6.45) is 0. The van der Waals surface area contributed by atoms with Gasteiger partial charge in [0.25, 0.3) is 0 Å². The molecule has 0 fully saturated rings. The van der Waals surface area contributed by atoms with Crippen LogP contribution in [0.15, 0.2) is 0 Å². The van der Waals surface area contributed by atoms with Crippen molar-refractivity contribution >= 4 is 21.4 Å². The first-order valence-corrected chi connectivity index (χ1v) is 11.2. The maximum absolute atomic E-state index is 2.46. The van der Waals surface area contributed by atoms with Gasteiger partial charge in [-0.2, -0.15) is 0 Å². The van der Waals surface area contributed by atoms with Gasteiger partial charge in [-0.05, 0) is 0 Å². The molecule has 0 aliphatic carbocycles. The molecular weight excluding hydrogens is 187 g/mol. The zero-order valence-corrected chi connectivity index (χ0v) is 9.37. The van der Waals surface area contributed by atoms with Gasteiger partial charge in [0.15, 0.2) is 0 Å². The molecule has 0 aliphatic rings. The van der Waals surface area contributed by atoms with Crippen LogP contribution >= 0.6 is 0 Å². The van der Waals surface area contributed by atoms with Crippen LogP contribution in [0.25, 0.3) is 0 Å². The van der Waals surface area contributed by atoms with Crippen molar-refractivity contribution < 1.29 is 0 Å². The molecule has 0 aliphatic heterocycles. The molecule has 0 spiro atoms. The summed E-state index contributed by atoms with van der Waals surface area (Å²) in [7, 11) is 0. The number of hydrogen-bond donors (Lipinski definition) is 0. The van der Waals surface area contributed by atoms with Gasteiger partial charge in [-0.3, -0.25) is 0 Å². The van der Waals surface area contributed by atoms with Crippen molar-refractivity contribution in [3.05, 3.63) is 0 Å². The van der Waals surface area contributed by atoms with Gasteiger partial charge in [-0.15, -0.1) is 0 Å². The van der Waals surface area contributed by atoms with Crippen LogP contribution in [-0.2, 0) is 0 Å². The SMILES string of the molecule is [CH3][In]([CH3])[C](C)(C)C. The van der Waals surface area contributed by atoms with Crippen molar-refractivity contribution in [2.45, 2.75) is 33.3 Å². The molecule has 0 heterocycles. The van der Waals surface area contributed by atoms with Gasteiger partial charge in [-0.1, -0.05) is 0 Å². The van der Waals surface area contributed by atoms with E-state index in [1.165, 1.54) is 0 Å². The van der Waals surface area contributed by atoms with Crippen molar-refractivity contribution in [3.8, 4) is 0 Å². The Morgan fingerprint density at radius 2 is 1.14 bits per heavy atom. The molecule has 0 aromatic carbocycles. The monoisotopic (exact) mass is 202 g/mol. The van der Waals surface area contributed by atoms with Crippen LogP contribution in [-0.4, -0.2) is 21.4 Å². The van der Waals surface area contributed by atoms with E-state index in [0.717, 1.165) is 0 Å². The van der Waals surface area contributed by atoms with Crippen LogP contribution in [0.1, 0.15) is 20.8 Å². The van der Waals surface area contributed by atoms with Gasteiger partial charge >= 0.3 is 54.7 Å². The second-order valence-corrected chi connectivity index (χ2v) is 15.1. The maximum atomic E-state index is 2.46. The van der Waals surface area contributed by atoms with Gasteiger partial charge < -0.3 is 0 Å². The fourth-order valence-electron chi connectivity index (χ4n) is 0. The average Bonchev–Trinajstić information content (AvgIpc) is 1.31. The first kappa shape index (κ1) is 7.87. The zero-order valence-electron chi connectivity index (χ0n) is 6.08. The molecule has 0 aromatic rings. The molecule has 0 aromatic heterocycles. The molecule has 0 bridgehead atoms. The fourth-order valence-corrected chi connectivity index (χ4v) is 0. The summed E-state index contributed by atoms with van der Waals surface area (Å²) in [5, 5.41) is 0. The van der Waals surface area contributed by atoms with E-state index in [2.05, 4.69) is 30.1 Å². The Balaban J connectivity index is 3.54. The van der Waals surface area contributed by atoms with Crippen LogP contribution < -0.4 is 0 Å². The van der Waals surface area contributed by atoms with E-state index < -0.39 is 21.4 Å². The molecule has 0 N–H and O–H groups in total. The van der Waals surface area contributed by atoms with Crippen molar-refractivity contribution in [2.24, 2.45) is 0 Å². The summed E-state index contributed by atoms with van der Waals surface area (Å²) < 4.78 is 5.63. The molecule has 0 rings (SSSR count). The Labute approximate surface area is 54.8 Å². The van der Waals surface area contributed by atoms with E-state index in [1.807, 2.05) is 0 Å². The van der Waals surface area contributed by atoms with Crippen LogP contribution in [0.5, 0.6) is 0 Å². The summed E-state index contributed by atoms with van der Waals surface area (Å²) in [6.45, 7) is 7.06. The molecular formula is C6H15In. The first-order chi connectivity index (χ1) is 2.94. The van der Waals surface area contributed by atoms with Crippen LogP contribution in [0.4, 0.5) is 0 Å². The second-order valence-electron chi connectivity index (χ2n) is 3.52. The predicted molar refractivity (Wildman–Crippen MR) is 37.2 cm³/mol. The van der Waals surface area contributed by atoms with E-state index in [0.29, 0.717) is 3.17 Å². The minimum absolute atomic E-state index is 0.710. The van der Waals surface area contributed by atoms with Gasteiger partial charge in [0.05, 0.1) is 0 Å². The molecule has 7 heavy (non-hydrogen) atoms. The predicted octanol–water partition coefficient (Wildman–Crippen LogP) is 2.54.